The number of halogens is 3. The number of ether oxygens (including phenoxy) is 1. The minimum atomic E-state index is -3.23. The molecular weight excluding hydrogens is 525 g/mol. The van der Waals surface area contributed by atoms with E-state index in [2.05, 4.69) is 43.5 Å². The molecule has 0 heterocycles. The van der Waals surface area contributed by atoms with Gasteiger partial charge in [-0.25, -0.2) is 4.39 Å². The van der Waals surface area contributed by atoms with E-state index in [0.29, 0.717) is 24.8 Å². The summed E-state index contributed by atoms with van der Waals surface area (Å²) in [6.07, 6.45) is 5.29. The van der Waals surface area contributed by atoms with Gasteiger partial charge in [-0.1, -0.05) is 72.1 Å². The molecule has 1 aromatic rings. The van der Waals surface area contributed by atoms with Crippen LogP contribution in [0.1, 0.15) is 94.4 Å². The Labute approximate surface area is 246 Å². The van der Waals surface area contributed by atoms with Crippen molar-refractivity contribution in [1.29, 1.82) is 5.26 Å². The van der Waals surface area contributed by atoms with Gasteiger partial charge in [0.05, 0.1) is 11.6 Å². The van der Waals surface area contributed by atoms with Crippen LogP contribution >= 0.6 is 0 Å². The van der Waals surface area contributed by atoms with Crippen molar-refractivity contribution < 1.29 is 22.7 Å². The van der Waals surface area contributed by atoms with E-state index in [0.717, 1.165) is 48.2 Å². The van der Waals surface area contributed by atoms with Crippen molar-refractivity contribution in [2.75, 3.05) is 5.32 Å². The standard InChI is InChI=1S/C27H38F2N2O.C7H11FO/c1-8-12-21(18-30)25(24(13-9-2)20(10-3)11-4)26(19(5)6)31-22-14-16-23(17-15-22)32-27(7,28)29;1-4-5(2)7(9)6(3)8/h8,12,14-17,20,24,31H,9-11,13H2,1-7H3;5H,3-4H2,1-2H3/b12-8-,25-21+;. The van der Waals surface area contributed by atoms with Gasteiger partial charge in [-0.15, -0.1) is 0 Å². The lowest BCUT2D eigenvalue weighted by Crippen LogP contribution is -2.22. The smallest absolute Gasteiger partial charge is 0.394 e. The third kappa shape index (κ3) is 13.3. The molecule has 7 heteroatoms. The number of nitrogens with one attached hydrogen (secondary N) is 1. The molecule has 228 valence electrons. The maximum Gasteiger partial charge on any atom is 0.394 e. The van der Waals surface area contributed by atoms with Crippen LogP contribution in [0.3, 0.4) is 0 Å². The van der Waals surface area contributed by atoms with E-state index < -0.39 is 17.7 Å². The number of hydrogen-bond donors (Lipinski definition) is 1. The third-order valence-corrected chi connectivity index (χ3v) is 6.85. The molecule has 0 amide bonds. The molecule has 0 fully saturated rings. The summed E-state index contributed by atoms with van der Waals surface area (Å²) in [6, 6.07) is 8.89. The van der Waals surface area contributed by atoms with E-state index in [-0.39, 0.29) is 17.6 Å². The zero-order valence-electron chi connectivity index (χ0n) is 26.3. The summed E-state index contributed by atoms with van der Waals surface area (Å²) in [6.45, 7) is 19.7. The largest absolute Gasteiger partial charge is 0.433 e. The molecular formula is C34H49F3N2O2. The van der Waals surface area contributed by atoms with Gasteiger partial charge in [0.25, 0.3) is 0 Å². The Bertz CT molecular complexity index is 1100. The van der Waals surface area contributed by atoms with Crippen LogP contribution in [0.5, 0.6) is 5.75 Å². The minimum Gasteiger partial charge on any atom is -0.433 e. The Morgan fingerprint density at radius 3 is 2.02 bits per heavy atom. The van der Waals surface area contributed by atoms with Gasteiger partial charge in [-0.3, -0.25) is 4.79 Å². The van der Waals surface area contributed by atoms with Gasteiger partial charge in [0, 0.05) is 24.2 Å². The van der Waals surface area contributed by atoms with Crippen LogP contribution in [-0.4, -0.2) is 11.9 Å². The van der Waals surface area contributed by atoms with E-state index >= 15 is 0 Å². The quantitative estimate of drug-likeness (QED) is 0.129. The summed E-state index contributed by atoms with van der Waals surface area (Å²) in [5.74, 6) is -0.730. The summed E-state index contributed by atoms with van der Waals surface area (Å²) in [4.78, 5) is 10.6. The van der Waals surface area contributed by atoms with Crippen LogP contribution in [0.15, 0.2) is 71.2 Å². The monoisotopic (exact) mass is 574 g/mol. The van der Waals surface area contributed by atoms with Crippen molar-refractivity contribution in [3.8, 4) is 11.8 Å². The lowest BCUT2D eigenvalue weighted by molar-refractivity contribution is -0.158. The molecule has 4 nitrogen and oxygen atoms in total. The molecule has 0 aliphatic carbocycles. The fourth-order valence-corrected chi connectivity index (χ4v) is 4.53. The van der Waals surface area contributed by atoms with Crippen LogP contribution in [0.4, 0.5) is 18.9 Å². The number of benzene rings is 1. The lowest BCUT2D eigenvalue weighted by Gasteiger charge is -2.31. The van der Waals surface area contributed by atoms with Crippen LogP contribution in [0.25, 0.3) is 0 Å². The van der Waals surface area contributed by atoms with Gasteiger partial charge in [0.2, 0.25) is 0 Å². The zero-order valence-corrected chi connectivity index (χ0v) is 26.3. The minimum absolute atomic E-state index is 0.102. The molecule has 0 saturated carbocycles. The number of ketones is 1. The molecule has 0 radical (unpaired) electrons. The number of allylic oxidation sites excluding steroid dienone is 6. The molecule has 1 N–H and O–H groups in total. The fraction of sp³-hybridized carbons (Fsp3) is 0.529. The molecule has 1 aromatic carbocycles. The van der Waals surface area contributed by atoms with E-state index in [4.69, 9.17) is 0 Å². The second kappa shape index (κ2) is 19.0. The van der Waals surface area contributed by atoms with E-state index in [1.165, 1.54) is 12.1 Å². The molecule has 2 unspecified atom stereocenters. The van der Waals surface area contributed by atoms with Crippen molar-refractivity contribution in [2.24, 2.45) is 17.8 Å². The van der Waals surface area contributed by atoms with Crippen molar-refractivity contribution >= 4 is 11.5 Å². The Morgan fingerprint density at radius 1 is 1.12 bits per heavy atom. The van der Waals surface area contributed by atoms with Crippen LogP contribution in [0.2, 0.25) is 0 Å². The Balaban J connectivity index is 0.00000152. The summed E-state index contributed by atoms with van der Waals surface area (Å²) in [5.41, 5.74) is 4.42. The molecule has 0 aliphatic rings. The topological polar surface area (TPSA) is 62.1 Å². The first-order valence-corrected chi connectivity index (χ1v) is 14.5. The first kappa shape index (κ1) is 37.7. The number of alkyl halides is 2. The highest BCUT2D eigenvalue weighted by atomic mass is 19.3. The predicted octanol–water partition coefficient (Wildman–Crippen LogP) is 10.7. The van der Waals surface area contributed by atoms with Gasteiger partial charge in [-0.2, -0.15) is 14.0 Å². The molecule has 2 atom stereocenters. The van der Waals surface area contributed by atoms with Crippen LogP contribution in [-0.2, 0) is 4.79 Å². The number of nitriles is 1. The SMILES string of the molecule is C/C=C\C(C#N)=C(/C(Nc1ccc(OC(C)(F)F)cc1)=C(C)C)C(CCC)C(CC)CC.C=C(F)C(=O)C(C)CC. The van der Waals surface area contributed by atoms with Crippen molar-refractivity contribution in [3.05, 3.63) is 71.2 Å². The summed E-state index contributed by atoms with van der Waals surface area (Å²) in [7, 11) is 0. The van der Waals surface area contributed by atoms with Gasteiger partial charge >= 0.3 is 6.11 Å². The van der Waals surface area contributed by atoms with E-state index in [1.807, 2.05) is 39.8 Å². The number of rotatable bonds is 15. The van der Waals surface area contributed by atoms with Gasteiger partial charge in [0.1, 0.15) is 5.75 Å². The number of anilines is 1. The summed E-state index contributed by atoms with van der Waals surface area (Å²) < 4.78 is 42.9. The highest BCUT2D eigenvalue weighted by Gasteiger charge is 2.28. The Kier molecular flexibility index (Phi) is 17.4. The fourth-order valence-electron chi connectivity index (χ4n) is 4.53. The number of nitrogens with zero attached hydrogens (tertiary/aromatic N) is 1. The summed E-state index contributed by atoms with van der Waals surface area (Å²) >= 11 is 0. The predicted molar refractivity (Wildman–Crippen MR) is 164 cm³/mol. The molecule has 0 aromatic heterocycles. The maximum absolute atomic E-state index is 13.1. The first-order valence-electron chi connectivity index (χ1n) is 14.5. The highest BCUT2D eigenvalue weighted by Crippen LogP contribution is 2.38. The number of carbonyl (C=O) groups is 1. The van der Waals surface area contributed by atoms with Gasteiger partial charge in [-0.05, 0) is 81.4 Å². The number of Topliss-reactive ketones (excluding diaryl/α,β-unsaturated/α-hetero) is 1. The zero-order chi connectivity index (χ0) is 31.8. The van der Waals surface area contributed by atoms with Crippen molar-refractivity contribution in [3.63, 3.8) is 0 Å². The lowest BCUT2D eigenvalue weighted by atomic mass is 9.76. The molecule has 41 heavy (non-hydrogen) atoms. The maximum atomic E-state index is 13.1. The van der Waals surface area contributed by atoms with Crippen LogP contribution < -0.4 is 10.1 Å². The Hall–Kier alpha value is -3.27. The van der Waals surface area contributed by atoms with Gasteiger partial charge in [0.15, 0.2) is 11.6 Å². The number of hydrogen-bond acceptors (Lipinski definition) is 4. The molecule has 0 saturated heterocycles. The molecule has 0 spiro atoms. The second-order valence-electron chi connectivity index (χ2n) is 10.4. The van der Waals surface area contributed by atoms with E-state index in [1.54, 1.807) is 19.1 Å². The molecule has 0 aliphatic heterocycles. The average Bonchev–Trinajstić information content (AvgIpc) is 2.92. The normalized spacial score (nSPS) is 13.4. The molecule has 0 bridgehead atoms. The van der Waals surface area contributed by atoms with Crippen molar-refractivity contribution in [1.82, 2.24) is 0 Å². The summed E-state index contributed by atoms with van der Waals surface area (Å²) in [5, 5.41) is 13.5. The third-order valence-electron chi connectivity index (χ3n) is 6.85. The Morgan fingerprint density at radius 2 is 1.68 bits per heavy atom. The van der Waals surface area contributed by atoms with Crippen molar-refractivity contribution in [2.45, 2.75) is 101 Å². The highest BCUT2D eigenvalue weighted by molar-refractivity contribution is 5.94. The number of carbonyl (C=O) groups excluding carboxylic acids is 1. The average molecular weight is 575 g/mol. The molecule has 1 rings (SSSR count). The second-order valence-corrected chi connectivity index (χ2v) is 10.4. The van der Waals surface area contributed by atoms with Gasteiger partial charge < -0.3 is 10.1 Å². The first-order chi connectivity index (χ1) is 19.2. The van der Waals surface area contributed by atoms with Crippen LogP contribution in [0, 0.1) is 29.1 Å². The van der Waals surface area contributed by atoms with E-state index in [9.17, 15) is 23.2 Å².